The first kappa shape index (κ1) is 18.4. The van der Waals surface area contributed by atoms with Gasteiger partial charge >= 0.3 is 0 Å². The molecule has 0 saturated carbocycles. The van der Waals surface area contributed by atoms with Crippen molar-refractivity contribution in [2.75, 3.05) is 11.9 Å². The first-order valence-corrected chi connectivity index (χ1v) is 8.08. The van der Waals surface area contributed by atoms with Crippen LogP contribution in [0.3, 0.4) is 0 Å². The maximum absolute atomic E-state index is 13.8. The van der Waals surface area contributed by atoms with Crippen LogP contribution in [0.15, 0.2) is 24.4 Å². The highest BCUT2D eigenvalue weighted by Gasteiger charge is 2.21. The molecule has 0 spiro atoms. The van der Waals surface area contributed by atoms with Crippen molar-refractivity contribution in [3.63, 3.8) is 0 Å². The third-order valence-electron chi connectivity index (χ3n) is 3.87. The maximum Gasteiger partial charge on any atom is 0.261 e. The van der Waals surface area contributed by atoms with Gasteiger partial charge in [-0.1, -0.05) is 6.07 Å². The Kier molecular flexibility index (Phi) is 5.36. The van der Waals surface area contributed by atoms with Gasteiger partial charge in [-0.3, -0.25) is 14.7 Å². The number of amides is 1. The van der Waals surface area contributed by atoms with Crippen LogP contribution in [0, 0.1) is 11.6 Å². The van der Waals surface area contributed by atoms with E-state index in [2.05, 4.69) is 25.5 Å². The van der Waals surface area contributed by atoms with Crippen molar-refractivity contribution in [1.82, 2.24) is 20.2 Å². The number of hydrogen-bond donors (Lipinski definition) is 4. The summed E-state index contributed by atoms with van der Waals surface area (Å²) in [5.41, 5.74) is 6.00. The van der Waals surface area contributed by atoms with Crippen LogP contribution in [0.5, 0.6) is 0 Å². The normalized spacial score (nSPS) is 10.8. The van der Waals surface area contributed by atoms with Gasteiger partial charge in [0, 0.05) is 5.69 Å². The zero-order chi connectivity index (χ0) is 19.4. The van der Waals surface area contributed by atoms with Crippen LogP contribution in [0.4, 0.5) is 14.5 Å². The Hall–Kier alpha value is -3.40. The molecule has 0 radical (unpaired) electrons. The van der Waals surface area contributed by atoms with Crippen LogP contribution in [-0.4, -0.2) is 38.9 Å². The summed E-state index contributed by atoms with van der Waals surface area (Å²) in [7, 11) is 0. The summed E-state index contributed by atoms with van der Waals surface area (Å²) in [6.07, 6.45) is 3.05. The predicted octanol–water partition coefficient (Wildman–Crippen LogP) is 2.03. The van der Waals surface area contributed by atoms with Gasteiger partial charge in [-0.25, -0.2) is 13.8 Å². The minimum absolute atomic E-state index is 0.152. The summed E-state index contributed by atoms with van der Waals surface area (Å²) in [6, 6.07) is 3.14. The number of benzene rings is 1. The van der Waals surface area contributed by atoms with Crippen LogP contribution in [0.2, 0.25) is 0 Å². The van der Waals surface area contributed by atoms with Crippen molar-refractivity contribution in [2.45, 2.75) is 12.8 Å². The van der Waals surface area contributed by atoms with Crippen molar-refractivity contribution >= 4 is 17.9 Å². The van der Waals surface area contributed by atoms with Crippen molar-refractivity contribution < 1.29 is 18.4 Å². The molecule has 0 bridgehead atoms. The van der Waals surface area contributed by atoms with Gasteiger partial charge in [0.05, 0.1) is 11.9 Å². The molecule has 3 aromatic rings. The number of carbonyl (C=O) groups excluding carboxylic acids is 2. The minimum atomic E-state index is -0.983. The van der Waals surface area contributed by atoms with Gasteiger partial charge in [-0.2, -0.15) is 5.10 Å². The molecule has 3 rings (SSSR count). The molecule has 0 fully saturated rings. The second-order valence-electron chi connectivity index (χ2n) is 5.67. The van der Waals surface area contributed by atoms with Crippen LogP contribution in [0.1, 0.15) is 33.0 Å². The third kappa shape index (κ3) is 3.75. The lowest BCUT2D eigenvalue weighted by atomic mass is 10.2. The lowest BCUT2D eigenvalue weighted by molar-refractivity contribution is 0.101. The van der Waals surface area contributed by atoms with E-state index in [4.69, 9.17) is 5.73 Å². The molecule has 1 amide bonds. The number of halogens is 2. The highest BCUT2D eigenvalue weighted by Crippen LogP contribution is 2.25. The van der Waals surface area contributed by atoms with E-state index in [1.54, 1.807) is 0 Å². The van der Waals surface area contributed by atoms with Gasteiger partial charge < -0.3 is 16.0 Å². The number of aromatic amines is 2. The summed E-state index contributed by atoms with van der Waals surface area (Å²) in [6.45, 7) is 0.451. The number of imidazole rings is 1. The second kappa shape index (κ2) is 7.87. The Morgan fingerprint density at radius 3 is 2.70 bits per heavy atom. The zero-order valence-corrected chi connectivity index (χ0v) is 14.1. The molecule has 0 saturated heterocycles. The van der Waals surface area contributed by atoms with E-state index in [-0.39, 0.29) is 22.9 Å². The van der Waals surface area contributed by atoms with Gasteiger partial charge in [-0.05, 0) is 31.5 Å². The summed E-state index contributed by atoms with van der Waals surface area (Å²) >= 11 is 0. The van der Waals surface area contributed by atoms with Crippen molar-refractivity contribution in [1.29, 1.82) is 0 Å². The summed E-state index contributed by atoms with van der Waals surface area (Å²) in [5, 5.41) is 8.86. The van der Waals surface area contributed by atoms with Crippen molar-refractivity contribution in [2.24, 2.45) is 5.73 Å². The number of nitrogens with one attached hydrogen (secondary N) is 3. The molecular weight excluding hydrogens is 358 g/mol. The average Bonchev–Trinajstić information content (AvgIpc) is 3.26. The van der Waals surface area contributed by atoms with E-state index < -0.39 is 23.1 Å². The third-order valence-corrected chi connectivity index (χ3v) is 3.87. The largest absolute Gasteiger partial charge is 0.340 e. The Morgan fingerprint density at radius 2 is 2.04 bits per heavy atom. The van der Waals surface area contributed by atoms with Gasteiger partial charge in [0.2, 0.25) is 0 Å². The molecule has 0 aliphatic heterocycles. The van der Waals surface area contributed by atoms with Crippen LogP contribution < -0.4 is 11.1 Å². The molecule has 0 aliphatic rings. The fourth-order valence-corrected chi connectivity index (χ4v) is 2.57. The van der Waals surface area contributed by atoms with E-state index in [0.29, 0.717) is 31.4 Å². The molecule has 10 heteroatoms. The van der Waals surface area contributed by atoms with Crippen LogP contribution in [0.25, 0.3) is 11.5 Å². The second-order valence-corrected chi connectivity index (χ2v) is 5.67. The molecule has 0 unspecified atom stereocenters. The molecule has 0 aliphatic carbocycles. The standard InChI is InChI=1S/C17H16F2N6O2/c18-9-3-1-4-10(19)14(9)17(27)24-12-7-21-25-15(12)16-22-11(5-2-6-20)13(8-26)23-16/h1,3-4,7-8H,2,5-6,20H2,(H,21,25)(H,22,23)(H,24,27). The lowest BCUT2D eigenvalue weighted by Gasteiger charge is -2.06. The average molecular weight is 374 g/mol. The van der Waals surface area contributed by atoms with E-state index in [1.165, 1.54) is 6.20 Å². The Morgan fingerprint density at radius 1 is 1.30 bits per heavy atom. The number of H-pyrrole nitrogens is 2. The topological polar surface area (TPSA) is 130 Å². The summed E-state index contributed by atoms with van der Waals surface area (Å²) < 4.78 is 27.6. The number of aryl methyl sites for hydroxylation is 1. The van der Waals surface area contributed by atoms with Gasteiger partial charge in [0.25, 0.3) is 5.91 Å². The molecule has 0 atom stereocenters. The number of nitrogens with zero attached hydrogens (tertiary/aromatic N) is 2. The van der Waals surface area contributed by atoms with Gasteiger partial charge in [0.1, 0.15) is 28.6 Å². The summed E-state index contributed by atoms with van der Waals surface area (Å²) in [5.74, 6) is -2.68. The predicted molar refractivity (Wildman–Crippen MR) is 93.2 cm³/mol. The molecular formula is C17H16F2N6O2. The van der Waals surface area contributed by atoms with Crippen molar-refractivity contribution in [3.8, 4) is 11.5 Å². The molecule has 5 N–H and O–H groups in total. The molecule has 1 aromatic carbocycles. The SMILES string of the molecule is NCCCc1[nH]c(-c2[nH]ncc2NC(=O)c2c(F)cccc2F)nc1C=O. The highest BCUT2D eigenvalue weighted by molar-refractivity contribution is 6.06. The molecule has 2 aromatic heterocycles. The number of nitrogens with two attached hydrogens (primary N) is 1. The molecule has 140 valence electrons. The Labute approximate surface area is 152 Å². The number of anilines is 1. The fraction of sp³-hybridized carbons (Fsp3) is 0.176. The lowest BCUT2D eigenvalue weighted by Crippen LogP contribution is -2.16. The van der Waals surface area contributed by atoms with Crippen molar-refractivity contribution in [3.05, 3.63) is 53.0 Å². The maximum atomic E-state index is 13.8. The van der Waals surface area contributed by atoms with E-state index in [9.17, 15) is 18.4 Å². The number of aldehydes is 1. The zero-order valence-electron chi connectivity index (χ0n) is 14.1. The van der Waals surface area contributed by atoms with Crippen LogP contribution >= 0.6 is 0 Å². The first-order chi connectivity index (χ1) is 13.0. The monoisotopic (exact) mass is 374 g/mol. The Balaban J connectivity index is 1.89. The minimum Gasteiger partial charge on any atom is -0.340 e. The van der Waals surface area contributed by atoms with E-state index in [0.717, 1.165) is 18.2 Å². The van der Waals surface area contributed by atoms with Gasteiger partial charge in [0.15, 0.2) is 12.1 Å². The fourth-order valence-electron chi connectivity index (χ4n) is 2.57. The molecule has 8 nitrogen and oxygen atoms in total. The molecule has 2 heterocycles. The first-order valence-electron chi connectivity index (χ1n) is 8.08. The molecule has 27 heavy (non-hydrogen) atoms. The number of aromatic nitrogens is 4. The number of carbonyl (C=O) groups is 2. The quantitative estimate of drug-likeness (QED) is 0.470. The number of hydrogen-bond acceptors (Lipinski definition) is 5. The Bertz CT molecular complexity index is 961. The smallest absolute Gasteiger partial charge is 0.261 e. The van der Waals surface area contributed by atoms with E-state index >= 15 is 0 Å². The van der Waals surface area contributed by atoms with Crippen LogP contribution in [-0.2, 0) is 6.42 Å². The number of rotatable bonds is 7. The van der Waals surface area contributed by atoms with E-state index in [1.807, 2.05) is 0 Å². The summed E-state index contributed by atoms with van der Waals surface area (Å²) in [4.78, 5) is 30.6. The van der Waals surface area contributed by atoms with Gasteiger partial charge in [-0.15, -0.1) is 0 Å². The highest BCUT2D eigenvalue weighted by atomic mass is 19.1.